The summed E-state index contributed by atoms with van der Waals surface area (Å²) in [6.07, 6.45) is 0.265. The summed E-state index contributed by atoms with van der Waals surface area (Å²) in [6.45, 7) is 1.54. The van der Waals surface area contributed by atoms with Gasteiger partial charge in [0.1, 0.15) is 18.2 Å². The largest absolute Gasteiger partial charge is 0.479 e. The zero-order chi connectivity index (χ0) is 14.3. The van der Waals surface area contributed by atoms with Gasteiger partial charge in [-0.25, -0.2) is 9.97 Å². The Morgan fingerprint density at radius 3 is 2.95 bits per heavy atom. The van der Waals surface area contributed by atoms with Gasteiger partial charge in [0.05, 0.1) is 26.1 Å². The molecule has 0 unspecified atom stereocenters. The number of fused-ring (bicyclic) bond motifs is 1. The monoisotopic (exact) mass is 280 g/mol. The highest BCUT2D eigenvalue weighted by molar-refractivity contribution is 5.76. The molecular weight excluding hydrogens is 264 g/mol. The van der Waals surface area contributed by atoms with Crippen molar-refractivity contribution in [3.8, 4) is 5.88 Å². The molecule has 20 heavy (non-hydrogen) atoms. The van der Waals surface area contributed by atoms with E-state index in [1.165, 1.54) is 7.11 Å². The van der Waals surface area contributed by atoms with Gasteiger partial charge < -0.3 is 19.7 Å². The molecule has 1 fully saturated rings. The molecule has 0 radical (unpaired) electrons. The Kier molecular flexibility index (Phi) is 3.28. The number of imidazole rings is 1. The molecule has 0 spiro atoms. The minimum Gasteiger partial charge on any atom is -0.479 e. The number of hydrogen-bond acceptors (Lipinski definition) is 7. The first kappa shape index (κ1) is 13.2. The van der Waals surface area contributed by atoms with Gasteiger partial charge in [-0.2, -0.15) is 4.98 Å². The molecular formula is C12H16N4O4. The lowest BCUT2D eigenvalue weighted by Gasteiger charge is -2.13. The third-order valence-corrected chi connectivity index (χ3v) is 3.39. The van der Waals surface area contributed by atoms with Gasteiger partial charge in [-0.05, 0) is 6.92 Å². The molecule has 1 aliphatic heterocycles. The summed E-state index contributed by atoms with van der Waals surface area (Å²) in [5, 5.41) is 18.9. The van der Waals surface area contributed by atoms with Crippen LogP contribution in [0, 0.1) is 6.92 Å². The molecule has 0 saturated carbocycles. The van der Waals surface area contributed by atoms with E-state index in [9.17, 15) is 5.11 Å². The van der Waals surface area contributed by atoms with Crippen molar-refractivity contribution in [3.05, 3.63) is 12.2 Å². The van der Waals surface area contributed by atoms with Gasteiger partial charge in [-0.3, -0.25) is 4.57 Å². The van der Waals surface area contributed by atoms with Crippen LogP contribution in [0.1, 0.15) is 18.5 Å². The number of ether oxygens (including phenoxy) is 2. The van der Waals surface area contributed by atoms with Gasteiger partial charge >= 0.3 is 0 Å². The van der Waals surface area contributed by atoms with Gasteiger partial charge in [0.25, 0.3) is 0 Å². The number of aliphatic hydroxyl groups is 2. The van der Waals surface area contributed by atoms with E-state index in [1.54, 1.807) is 17.8 Å². The second kappa shape index (κ2) is 4.97. The van der Waals surface area contributed by atoms with Crippen LogP contribution in [-0.2, 0) is 4.74 Å². The second-order valence-corrected chi connectivity index (χ2v) is 4.72. The lowest BCUT2D eigenvalue weighted by Crippen LogP contribution is -2.24. The molecule has 0 bridgehead atoms. The fourth-order valence-corrected chi connectivity index (χ4v) is 2.40. The maximum atomic E-state index is 9.81. The number of methoxy groups -OCH3 is 1. The van der Waals surface area contributed by atoms with Crippen LogP contribution in [0.15, 0.2) is 6.33 Å². The van der Waals surface area contributed by atoms with Crippen molar-refractivity contribution in [3.63, 3.8) is 0 Å². The normalized spacial score (nSPS) is 26.3. The summed E-state index contributed by atoms with van der Waals surface area (Å²) in [5.74, 6) is 0.969. The quantitative estimate of drug-likeness (QED) is 0.801. The molecule has 1 saturated heterocycles. The lowest BCUT2D eigenvalue weighted by molar-refractivity contribution is -0.0432. The van der Waals surface area contributed by atoms with Crippen molar-refractivity contribution in [2.24, 2.45) is 0 Å². The van der Waals surface area contributed by atoms with E-state index in [0.29, 0.717) is 29.3 Å². The van der Waals surface area contributed by atoms with Crippen LogP contribution in [0.5, 0.6) is 5.88 Å². The van der Waals surface area contributed by atoms with E-state index >= 15 is 0 Å². The fraction of sp³-hybridized carbons (Fsp3) is 0.583. The van der Waals surface area contributed by atoms with Crippen molar-refractivity contribution in [2.45, 2.75) is 31.8 Å². The molecule has 8 heteroatoms. The van der Waals surface area contributed by atoms with Crippen molar-refractivity contribution in [2.75, 3.05) is 13.7 Å². The lowest BCUT2D eigenvalue weighted by atomic mass is 10.2. The van der Waals surface area contributed by atoms with Gasteiger partial charge in [0.2, 0.25) is 5.88 Å². The number of nitrogens with zero attached hydrogens (tertiary/aromatic N) is 4. The average Bonchev–Trinajstić information content (AvgIpc) is 3.00. The summed E-state index contributed by atoms with van der Waals surface area (Å²) in [6, 6.07) is 0. The summed E-state index contributed by atoms with van der Waals surface area (Å²) >= 11 is 0. The van der Waals surface area contributed by atoms with Gasteiger partial charge in [0.15, 0.2) is 11.2 Å². The van der Waals surface area contributed by atoms with Crippen LogP contribution in [-0.4, -0.2) is 55.7 Å². The molecule has 108 valence electrons. The first-order chi connectivity index (χ1) is 9.63. The van der Waals surface area contributed by atoms with E-state index in [2.05, 4.69) is 15.0 Å². The van der Waals surface area contributed by atoms with Crippen LogP contribution >= 0.6 is 0 Å². The maximum Gasteiger partial charge on any atom is 0.245 e. The van der Waals surface area contributed by atoms with Gasteiger partial charge in [-0.1, -0.05) is 0 Å². The van der Waals surface area contributed by atoms with Crippen molar-refractivity contribution >= 4 is 11.2 Å². The van der Waals surface area contributed by atoms with Crippen LogP contribution in [0.3, 0.4) is 0 Å². The molecule has 3 rings (SSSR count). The van der Waals surface area contributed by atoms with E-state index < -0.39 is 18.4 Å². The number of aliphatic hydroxyl groups excluding tert-OH is 2. The highest BCUT2D eigenvalue weighted by Crippen LogP contribution is 2.32. The van der Waals surface area contributed by atoms with Crippen LogP contribution in [0.4, 0.5) is 0 Å². The zero-order valence-corrected chi connectivity index (χ0v) is 11.2. The van der Waals surface area contributed by atoms with Gasteiger partial charge in [-0.15, -0.1) is 0 Å². The molecule has 3 heterocycles. The third kappa shape index (κ3) is 2.01. The summed E-state index contributed by atoms with van der Waals surface area (Å²) in [4.78, 5) is 12.8. The molecule has 0 amide bonds. The molecule has 0 aromatic carbocycles. The summed E-state index contributed by atoms with van der Waals surface area (Å²) in [7, 11) is 1.53. The Hall–Kier alpha value is -1.77. The van der Waals surface area contributed by atoms with E-state index in [4.69, 9.17) is 14.6 Å². The molecule has 8 nitrogen and oxygen atoms in total. The number of aryl methyl sites for hydroxylation is 1. The zero-order valence-electron chi connectivity index (χ0n) is 11.2. The van der Waals surface area contributed by atoms with Crippen LogP contribution in [0.25, 0.3) is 11.2 Å². The number of rotatable bonds is 3. The highest BCUT2D eigenvalue weighted by atomic mass is 16.5. The van der Waals surface area contributed by atoms with E-state index in [0.717, 1.165) is 0 Å². The fourth-order valence-electron chi connectivity index (χ4n) is 2.40. The summed E-state index contributed by atoms with van der Waals surface area (Å²) < 4.78 is 12.5. The Morgan fingerprint density at radius 2 is 2.30 bits per heavy atom. The minimum atomic E-state index is -0.702. The first-order valence-corrected chi connectivity index (χ1v) is 6.33. The second-order valence-electron chi connectivity index (χ2n) is 4.72. The average molecular weight is 280 g/mol. The number of hydrogen-bond donors (Lipinski definition) is 2. The predicted octanol–water partition coefficient (Wildman–Crippen LogP) is -0.216. The molecule has 2 N–H and O–H groups in total. The summed E-state index contributed by atoms with van der Waals surface area (Å²) in [5.41, 5.74) is 1.13. The Balaban J connectivity index is 2.03. The first-order valence-electron chi connectivity index (χ1n) is 6.33. The third-order valence-electron chi connectivity index (χ3n) is 3.39. The standard InChI is InChI=1S/C12H16N4O4/c1-6-14-11-10(12(15-6)19-2)13-5-16(11)9-3-7(18)8(4-17)20-9/h5,7-9,17-18H,3-4H2,1-2H3/t7-,8-,9-/m1/s1. The SMILES string of the molecule is COc1nc(C)nc2c1ncn2[C@H]1C[C@@H](O)[C@@H](CO)O1. The minimum absolute atomic E-state index is 0.221. The van der Waals surface area contributed by atoms with Crippen molar-refractivity contribution in [1.82, 2.24) is 19.5 Å². The molecule has 3 atom stereocenters. The van der Waals surface area contributed by atoms with Gasteiger partial charge in [0, 0.05) is 6.42 Å². The molecule has 2 aromatic rings. The Bertz CT molecular complexity index is 629. The topological polar surface area (TPSA) is 103 Å². The molecule has 2 aromatic heterocycles. The van der Waals surface area contributed by atoms with E-state index in [1.807, 2.05) is 0 Å². The smallest absolute Gasteiger partial charge is 0.245 e. The maximum absolute atomic E-state index is 9.81. The van der Waals surface area contributed by atoms with E-state index in [-0.39, 0.29) is 6.61 Å². The Labute approximate surface area is 115 Å². The molecule has 0 aliphatic carbocycles. The highest BCUT2D eigenvalue weighted by Gasteiger charge is 2.35. The predicted molar refractivity (Wildman–Crippen MR) is 68.2 cm³/mol. The van der Waals surface area contributed by atoms with Crippen molar-refractivity contribution < 1.29 is 19.7 Å². The Morgan fingerprint density at radius 1 is 1.50 bits per heavy atom. The molecule has 1 aliphatic rings. The van der Waals surface area contributed by atoms with Crippen molar-refractivity contribution in [1.29, 1.82) is 0 Å². The van der Waals surface area contributed by atoms with Crippen LogP contribution < -0.4 is 4.74 Å². The van der Waals surface area contributed by atoms with Crippen LogP contribution in [0.2, 0.25) is 0 Å². The number of aromatic nitrogens is 4.